The van der Waals surface area contributed by atoms with E-state index in [0.717, 1.165) is 38.2 Å². The van der Waals surface area contributed by atoms with Crippen LogP contribution in [-0.2, 0) is 20.7 Å². The van der Waals surface area contributed by atoms with Gasteiger partial charge in [-0.05, 0) is 37.6 Å². The molecule has 0 aromatic heterocycles. The zero-order valence-corrected chi connectivity index (χ0v) is 15.3. The number of carbonyl (C=O) groups excluding carboxylic acids is 2. The Bertz CT molecular complexity index is 591. The topological polar surface area (TPSA) is 87.9 Å². The zero-order chi connectivity index (χ0) is 18.5. The Morgan fingerprint density at radius 1 is 1.15 bits per heavy atom. The maximum absolute atomic E-state index is 12.4. The molecule has 3 rings (SSSR count). The van der Waals surface area contributed by atoms with Gasteiger partial charge in [-0.25, -0.2) is 0 Å². The van der Waals surface area contributed by atoms with E-state index in [-0.39, 0.29) is 17.9 Å². The second-order valence-electron chi connectivity index (χ2n) is 7.11. The Balaban J connectivity index is 1.49. The first-order valence-electron chi connectivity index (χ1n) is 9.27. The number of nitrogens with zero attached hydrogens (tertiary/aromatic N) is 2. The summed E-state index contributed by atoms with van der Waals surface area (Å²) in [5, 5.41) is 2.87. The molecule has 2 heterocycles. The third kappa shape index (κ3) is 4.81. The molecule has 0 saturated carbocycles. The lowest BCUT2D eigenvalue weighted by molar-refractivity contribution is -0.132. The monoisotopic (exact) mass is 360 g/mol. The van der Waals surface area contributed by atoms with Crippen molar-refractivity contribution in [2.45, 2.75) is 31.5 Å². The van der Waals surface area contributed by atoms with Crippen LogP contribution in [0.1, 0.15) is 18.4 Å². The van der Waals surface area contributed by atoms with Gasteiger partial charge in [-0.15, -0.1) is 0 Å². The van der Waals surface area contributed by atoms with Crippen molar-refractivity contribution in [1.29, 1.82) is 0 Å². The Morgan fingerprint density at radius 3 is 2.46 bits per heavy atom. The third-order valence-electron chi connectivity index (χ3n) is 5.10. The van der Waals surface area contributed by atoms with Gasteiger partial charge in [0.25, 0.3) is 5.91 Å². The van der Waals surface area contributed by atoms with Crippen molar-refractivity contribution in [2.24, 2.45) is 5.73 Å². The van der Waals surface area contributed by atoms with Crippen molar-refractivity contribution < 1.29 is 14.3 Å². The van der Waals surface area contributed by atoms with E-state index in [1.807, 2.05) is 29.2 Å². The predicted molar refractivity (Wildman–Crippen MR) is 99.8 cm³/mol. The molecule has 0 bridgehead atoms. The lowest BCUT2D eigenvalue weighted by atomic mass is 10.1. The molecule has 2 aliphatic heterocycles. The number of piperazine rings is 1. The van der Waals surface area contributed by atoms with Crippen molar-refractivity contribution in [3.63, 3.8) is 0 Å². The number of nitrogens with one attached hydrogen (secondary N) is 1. The molecule has 2 aliphatic rings. The van der Waals surface area contributed by atoms with Gasteiger partial charge in [-0.3, -0.25) is 9.59 Å². The fourth-order valence-electron chi connectivity index (χ4n) is 3.34. The standard InChI is InChI=1S/C19H28N4O3/c1-22-8-10-23(11-9-22)18(24)12-14-2-4-15(5-3-14)21-19(25)17-7-6-16(13-20)26-17/h2-5,16-17H,6-13,20H2,1H3,(H,21,25)/t16-,17+/m1/s1. The number of carbonyl (C=O) groups is 2. The van der Waals surface area contributed by atoms with Crippen molar-refractivity contribution in [3.8, 4) is 0 Å². The fourth-order valence-corrected chi connectivity index (χ4v) is 3.34. The summed E-state index contributed by atoms with van der Waals surface area (Å²) in [6.45, 7) is 3.86. The average Bonchev–Trinajstić information content (AvgIpc) is 3.13. The van der Waals surface area contributed by atoms with E-state index in [2.05, 4.69) is 17.3 Å². The minimum absolute atomic E-state index is 0.0197. The van der Waals surface area contributed by atoms with Gasteiger partial charge in [-0.1, -0.05) is 12.1 Å². The molecule has 2 amide bonds. The summed E-state index contributed by atoms with van der Waals surface area (Å²) in [6, 6.07) is 7.45. The number of hydrogen-bond donors (Lipinski definition) is 2. The van der Waals surface area contributed by atoms with E-state index in [1.165, 1.54) is 0 Å². The minimum Gasteiger partial charge on any atom is -0.364 e. The minimum atomic E-state index is -0.429. The van der Waals surface area contributed by atoms with Crippen LogP contribution in [0.3, 0.4) is 0 Å². The zero-order valence-electron chi connectivity index (χ0n) is 15.3. The summed E-state index contributed by atoms with van der Waals surface area (Å²) in [5.74, 6) is 0.0179. The number of hydrogen-bond acceptors (Lipinski definition) is 5. The molecule has 0 radical (unpaired) electrons. The molecule has 2 saturated heterocycles. The van der Waals surface area contributed by atoms with E-state index in [9.17, 15) is 9.59 Å². The van der Waals surface area contributed by atoms with E-state index >= 15 is 0 Å². The fraction of sp³-hybridized carbons (Fsp3) is 0.579. The Hall–Kier alpha value is -1.96. The number of benzene rings is 1. The molecule has 2 fully saturated rings. The van der Waals surface area contributed by atoms with Crippen LogP contribution >= 0.6 is 0 Å². The van der Waals surface area contributed by atoms with Crippen LogP contribution < -0.4 is 11.1 Å². The summed E-state index contributed by atoms with van der Waals surface area (Å²) >= 11 is 0. The van der Waals surface area contributed by atoms with Gasteiger partial charge in [0.2, 0.25) is 5.91 Å². The summed E-state index contributed by atoms with van der Waals surface area (Å²) < 4.78 is 5.61. The van der Waals surface area contributed by atoms with Crippen molar-refractivity contribution in [1.82, 2.24) is 9.80 Å². The average molecular weight is 360 g/mol. The maximum atomic E-state index is 12.4. The van der Waals surface area contributed by atoms with Gasteiger partial charge in [0.15, 0.2) is 0 Å². The number of ether oxygens (including phenoxy) is 1. The largest absolute Gasteiger partial charge is 0.364 e. The van der Waals surface area contributed by atoms with Crippen molar-refractivity contribution in [3.05, 3.63) is 29.8 Å². The van der Waals surface area contributed by atoms with Crippen molar-refractivity contribution >= 4 is 17.5 Å². The number of anilines is 1. The van der Waals surface area contributed by atoms with E-state index in [0.29, 0.717) is 25.1 Å². The maximum Gasteiger partial charge on any atom is 0.253 e. The van der Waals surface area contributed by atoms with Crippen LogP contribution in [0.5, 0.6) is 0 Å². The van der Waals surface area contributed by atoms with Gasteiger partial charge < -0.3 is 25.6 Å². The second-order valence-corrected chi connectivity index (χ2v) is 7.11. The highest BCUT2D eigenvalue weighted by Crippen LogP contribution is 2.20. The first-order valence-corrected chi connectivity index (χ1v) is 9.27. The predicted octanol–water partition coefficient (Wildman–Crippen LogP) is 0.448. The van der Waals surface area contributed by atoms with E-state index in [4.69, 9.17) is 10.5 Å². The lowest BCUT2D eigenvalue weighted by Crippen LogP contribution is -2.47. The van der Waals surface area contributed by atoms with E-state index < -0.39 is 6.10 Å². The summed E-state index contributed by atoms with van der Waals surface area (Å²) in [6.07, 6.45) is 1.46. The quantitative estimate of drug-likeness (QED) is 0.796. The molecule has 0 unspecified atom stereocenters. The number of likely N-dealkylation sites (N-methyl/N-ethyl adjacent to an activating group) is 1. The highest BCUT2D eigenvalue weighted by atomic mass is 16.5. The second kappa shape index (κ2) is 8.62. The summed E-state index contributed by atoms with van der Waals surface area (Å²) in [7, 11) is 2.07. The molecule has 0 spiro atoms. The van der Waals surface area contributed by atoms with Crippen LogP contribution in [-0.4, -0.2) is 73.6 Å². The lowest BCUT2D eigenvalue weighted by Gasteiger charge is -2.32. The van der Waals surface area contributed by atoms with Gasteiger partial charge in [0.05, 0.1) is 12.5 Å². The summed E-state index contributed by atoms with van der Waals surface area (Å²) in [4.78, 5) is 28.8. The van der Waals surface area contributed by atoms with Gasteiger partial charge in [0, 0.05) is 38.4 Å². The summed E-state index contributed by atoms with van der Waals surface area (Å²) in [5.41, 5.74) is 7.24. The SMILES string of the molecule is CN1CCN(C(=O)Cc2ccc(NC(=O)[C@@H]3CC[C@H](CN)O3)cc2)CC1. The van der Waals surface area contributed by atoms with Crippen molar-refractivity contribution in [2.75, 3.05) is 45.1 Å². The molecular weight excluding hydrogens is 332 g/mol. The number of rotatable bonds is 5. The molecular formula is C19H28N4O3. The molecule has 1 aromatic rings. The van der Waals surface area contributed by atoms with Gasteiger partial charge >= 0.3 is 0 Å². The van der Waals surface area contributed by atoms with Gasteiger partial charge in [0.1, 0.15) is 6.10 Å². The first kappa shape index (κ1) is 18.8. The van der Waals surface area contributed by atoms with E-state index in [1.54, 1.807) is 0 Å². The number of amides is 2. The molecule has 142 valence electrons. The molecule has 26 heavy (non-hydrogen) atoms. The molecule has 2 atom stereocenters. The molecule has 1 aromatic carbocycles. The van der Waals surface area contributed by atoms with Crippen LogP contribution in [0.4, 0.5) is 5.69 Å². The molecule has 7 nitrogen and oxygen atoms in total. The third-order valence-corrected chi connectivity index (χ3v) is 5.10. The first-order chi connectivity index (χ1) is 12.5. The molecule has 3 N–H and O–H groups in total. The smallest absolute Gasteiger partial charge is 0.253 e. The van der Waals surface area contributed by atoms with Crippen LogP contribution in [0, 0.1) is 0 Å². The highest BCUT2D eigenvalue weighted by molar-refractivity contribution is 5.94. The normalized spacial score (nSPS) is 23.8. The van der Waals surface area contributed by atoms with Crippen LogP contribution in [0.25, 0.3) is 0 Å². The van der Waals surface area contributed by atoms with Gasteiger partial charge in [-0.2, -0.15) is 0 Å². The Labute approximate surface area is 154 Å². The molecule has 7 heteroatoms. The van der Waals surface area contributed by atoms with Crippen LogP contribution in [0.15, 0.2) is 24.3 Å². The Morgan fingerprint density at radius 2 is 1.85 bits per heavy atom. The Kier molecular flexibility index (Phi) is 6.24. The molecule has 0 aliphatic carbocycles. The number of nitrogens with two attached hydrogens (primary N) is 1. The highest BCUT2D eigenvalue weighted by Gasteiger charge is 2.29. The van der Waals surface area contributed by atoms with Crippen LogP contribution in [0.2, 0.25) is 0 Å².